The average Bonchev–Trinajstić information content (AvgIpc) is 3.57. The number of hydrogen-bond acceptors (Lipinski definition) is 7. The van der Waals surface area contributed by atoms with Crippen LogP contribution in [0.4, 0.5) is 0 Å². The maximum atomic E-state index is 14.2. The van der Waals surface area contributed by atoms with E-state index in [-0.39, 0.29) is 12.2 Å². The van der Waals surface area contributed by atoms with Gasteiger partial charge in [0.1, 0.15) is 23.3 Å². The maximum Gasteiger partial charge on any atom is 0.338 e. The number of ether oxygens (including phenoxy) is 2. The Morgan fingerprint density at radius 1 is 1.12 bits per heavy atom. The number of benzene rings is 3. The molecule has 6 rings (SSSR count). The van der Waals surface area contributed by atoms with E-state index in [0.29, 0.717) is 43.4 Å². The van der Waals surface area contributed by atoms with Gasteiger partial charge in [-0.2, -0.15) is 0 Å². The summed E-state index contributed by atoms with van der Waals surface area (Å²) in [5.74, 6) is 1.20. The van der Waals surface area contributed by atoms with E-state index in [1.54, 1.807) is 31.6 Å². The van der Waals surface area contributed by atoms with Crippen LogP contribution in [-0.2, 0) is 9.53 Å². The van der Waals surface area contributed by atoms with Gasteiger partial charge in [0, 0.05) is 26.1 Å². The number of carbonyl (C=O) groups excluding carboxylic acids is 1. The third-order valence-electron chi connectivity index (χ3n) is 7.04. The minimum Gasteiger partial charge on any atom is -0.496 e. The molecule has 3 aromatic carbocycles. The Labute approximate surface area is 261 Å². The number of rotatable bonds is 6. The van der Waals surface area contributed by atoms with Crippen LogP contribution in [0.15, 0.2) is 101 Å². The fraction of sp³-hybridized carbons (Fsp3) is 0.156. The van der Waals surface area contributed by atoms with E-state index >= 15 is 0 Å². The monoisotopic (exact) mass is 706 g/mol. The van der Waals surface area contributed by atoms with Crippen molar-refractivity contribution in [1.29, 1.82) is 0 Å². The van der Waals surface area contributed by atoms with Crippen LogP contribution in [0.5, 0.6) is 5.75 Å². The number of esters is 1. The van der Waals surface area contributed by atoms with Crippen LogP contribution in [0.2, 0.25) is 0 Å². The summed E-state index contributed by atoms with van der Waals surface area (Å²) in [7, 11) is 1.58. The molecule has 1 aliphatic heterocycles. The molecule has 0 fully saturated rings. The second-order valence-electron chi connectivity index (χ2n) is 9.53. The van der Waals surface area contributed by atoms with Crippen molar-refractivity contribution >= 4 is 66.0 Å². The molecule has 10 heteroatoms. The lowest BCUT2D eigenvalue weighted by Gasteiger charge is -2.27. The summed E-state index contributed by atoms with van der Waals surface area (Å²) in [5, 5.41) is 1.82. The average molecular weight is 708 g/mol. The Hall–Kier alpha value is -3.73. The number of methoxy groups -OCH3 is 1. The van der Waals surface area contributed by atoms with Gasteiger partial charge in [-0.05, 0) is 61.0 Å². The van der Waals surface area contributed by atoms with E-state index < -0.39 is 12.0 Å². The second-order valence-corrected chi connectivity index (χ2v) is 12.3. The van der Waals surface area contributed by atoms with Crippen LogP contribution in [-0.4, -0.2) is 24.3 Å². The molecule has 0 unspecified atom stereocenters. The van der Waals surface area contributed by atoms with Crippen molar-refractivity contribution in [2.45, 2.75) is 19.9 Å². The molecule has 212 valence electrons. The predicted molar refractivity (Wildman–Crippen MR) is 170 cm³/mol. The second kappa shape index (κ2) is 11.5. The Balaban J connectivity index is 1.57. The van der Waals surface area contributed by atoms with Crippen LogP contribution in [0.25, 0.3) is 28.2 Å². The predicted octanol–water partition coefficient (Wildman–Crippen LogP) is 6.75. The first kappa shape index (κ1) is 28.4. The Kier molecular flexibility index (Phi) is 7.78. The van der Waals surface area contributed by atoms with Crippen LogP contribution >= 0.6 is 43.2 Å². The molecule has 42 heavy (non-hydrogen) atoms. The minimum atomic E-state index is -0.812. The maximum absolute atomic E-state index is 14.2. The van der Waals surface area contributed by atoms with Crippen molar-refractivity contribution in [3.05, 3.63) is 118 Å². The third-order valence-corrected chi connectivity index (χ3v) is 9.20. The molecule has 0 aliphatic carbocycles. The van der Waals surface area contributed by atoms with E-state index in [2.05, 4.69) is 31.9 Å². The summed E-state index contributed by atoms with van der Waals surface area (Å²) in [5.41, 5.74) is 2.06. The first-order valence-corrected chi connectivity index (χ1v) is 15.5. The van der Waals surface area contributed by atoms with Crippen LogP contribution < -0.4 is 19.6 Å². The van der Waals surface area contributed by atoms with Crippen molar-refractivity contribution < 1.29 is 18.7 Å². The Morgan fingerprint density at radius 2 is 1.93 bits per heavy atom. The molecule has 3 heterocycles. The Morgan fingerprint density at radius 3 is 2.71 bits per heavy atom. The summed E-state index contributed by atoms with van der Waals surface area (Å²) in [6, 6.07) is 20.3. The number of carbonyl (C=O) groups is 1. The number of fused-ring (bicyclic) bond motifs is 2. The summed E-state index contributed by atoms with van der Waals surface area (Å²) in [6.45, 7) is 3.71. The van der Waals surface area contributed by atoms with Gasteiger partial charge < -0.3 is 13.9 Å². The zero-order valence-electron chi connectivity index (χ0n) is 22.8. The first-order chi connectivity index (χ1) is 20.3. The molecule has 2 aromatic heterocycles. The Bertz CT molecular complexity index is 2090. The van der Waals surface area contributed by atoms with E-state index in [1.165, 1.54) is 11.3 Å². The van der Waals surface area contributed by atoms with Crippen LogP contribution in [0.3, 0.4) is 0 Å². The quantitative estimate of drug-likeness (QED) is 0.183. The molecule has 0 radical (unpaired) electrons. The SMILES string of the molecule is CCOC(=O)C1=C(C)N=c2s/c(=C/c3ccc(-c4cc(Br)ccc4Br)o3)c(=O)n2[C@H]1c1c(OC)ccc2ccccc12. The molecule has 0 bridgehead atoms. The topological polar surface area (TPSA) is 83.0 Å². The third kappa shape index (κ3) is 4.97. The lowest BCUT2D eigenvalue weighted by atomic mass is 9.90. The highest BCUT2D eigenvalue weighted by molar-refractivity contribution is 9.11. The first-order valence-electron chi connectivity index (χ1n) is 13.1. The molecule has 0 N–H and O–H groups in total. The van der Waals surface area contributed by atoms with Crippen molar-refractivity contribution in [1.82, 2.24) is 4.57 Å². The lowest BCUT2D eigenvalue weighted by Crippen LogP contribution is -2.40. The number of aromatic nitrogens is 1. The molecule has 5 aromatic rings. The summed E-state index contributed by atoms with van der Waals surface area (Å²) in [6.07, 6.45) is 1.71. The van der Waals surface area contributed by atoms with Gasteiger partial charge in [-0.3, -0.25) is 9.36 Å². The van der Waals surface area contributed by atoms with Crippen molar-refractivity contribution in [3.8, 4) is 17.1 Å². The van der Waals surface area contributed by atoms with Gasteiger partial charge in [0.25, 0.3) is 5.56 Å². The fourth-order valence-electron chi connectivity index (χ4n) is 5.19. The molecular weight excluding hydrogens is 684 g/mol. The van der Waals surface area contributed by atoms with Gasteiger partial charge in [-0.15, -0.1) is 0 Å². The zero-order chi connectivity index (χ0) is 29.5. The van der Waals surface area contributed by atoms with Crippen LogP contribution in [0, 0.1) is 0 Å². The normalized spacial score (nSPS) is 15.1. The van der Waals surface area contributed by atoms with Gasteiger partial charge >= 0.3 is 5.97 Å². The molecule has 1 aliphatic rings. The largest absolute Gasteiger partial charge is 0.496 e. The number of furan rings is 1. The van der Waals surface area contributed by atoms with Gasteiger partial charge in [0.05, 0.1) is 29.5 Å². The van der Waals surface area contributed by atoms with Gasteiger partial charge in [-0.1, -0.05) is 73.5 Å². The lowest BCUT2D eigenvalue weighted by molar-refractivity contribution is -0.139. The molecule has 0 amide bonds. The molecule has 0 saturated carbocycles. The van der Waals surface area contributed by atoms with Crippen molar-refractivity contribution in [2.75, 3.05) is 13.7 Å². The highest BCUT2D eigenvalue weighted by Gasteiger charge is 2.36. The molecule has 0 saturated heterocycles. The smallest absolute Gasteiger partial charge is 0.338 e. The number of hydrogen-bond donors (Lipinski definition) is 0. The zero-order valence-corrected chi connectivity index (χ0v) is 26.8. The molecule has 1 atom stereocenters. The summed E-state index contributed by atoms with van der Waals surface area (Å²) in [4.78, 5) is 32.7. The van der Waals surface area contributed by atoms with Crippen molar-refractivity contribution in [2.24, 2.45) is 4.99 Å². The van der Waals surface area contributed by atoms with Gasteiger partial charge in [-0.25, -0.2) is 9.79 Å². The van der Waals surface area contributed by atoms with Gasteiger partial charge in [0.2, 0.25) is 0 Å². The molecule has 7 nitrogen and oxygen atoms in total. The number of thiazole rings is 1. The minimum absolute atomic E-state index is 0.189. The number of halogens is 2. The van der Waals surface area contributed by atoms with E-state index in [1.807, 2.05) is 66.7 Å². The van der Waals surface area contributed by atoms with E-state index in [4.69, 9.17) is 18.9 Å². The van der Waals surface area contributed by atoms with Crippen LogP contribution in [0.1, 0.15) is 31.2 Å². The van der Waals surface area contributed by atoms with E-state index in [9.17, 15) is 9.59 Å². The van der Waals surface area contributed by atoms with E-state index in [0.717, 1.165) is 25.3 Å². The highest BCUT2D eigenvalue weighted by atomic mass is 79.9. The highest BCUT2D eigenvalue weighted by Crippen LogP contribution is 2.40. The molecular formula is C32H24Br2N2O5S. The number of allylic oxidation sites excluding steroid dienone is 1. The fourth-order valence-corrected chi connectivity index (χ4v) is 7.02. The van der Waals surface area contributed by atoms with Gasteiger partial charge in [0.15, 0.2) is 4.80 Å². The summed E-state index contributed by atoms with van der Waals surface area (Å²) < 4.78 is 21.2. The van der Waals surface area contributed by atoms with Crippen molar-refractivity contribution in [3.63, 3.8) is 0 Å². The number of nitrogens with zero attached hydrogens (tertiary/aromatic N) is 2. The summed E-state index contributed by atoms with van der Waals surface area (Å²) >= 11 is 8.32. The standard InChI is InChI=1S/C32H24Br2N2O5S/c1-4-40-31(38)27-17(2)35-32-36(29(27)28-21-8-6-5-7-18(21)9-13-25(28)39-3)30(37)26(42-32)16-20-11-14-24(41-20)22-15-19(33)10-12-23(22)34/h5-16,29H,4H2,1-3H3/b26-16+/t29-/m1/s1. The molecule has 0 spiro atoms.